The zero-order valence-corrected chi connectivity index (χ0v) is 8.14. The zero-order valence-electron chi connectivity index (χ0n) is 8.14. The van der Waals surface area contributed by atoms with E-state index in [4.69, 9.17) is 0 Å². The summed E-state index contributed by atoms with van der Waals surface area (Å²) in [6, 6.07) is 0. The number of allylic oxidation sites excluding steroid dienone is 6. The number of hydrogen-bond donors (Lipinski definition) is 0. The summed E-state index contributed by atoms with van der Waals surface area (Å²) in [6.45, 7) is 0. The minimum Gasteiger partial charge on any atom is -0.290 e. The van der Waals surface area contributed by atoms with Crippen LogP contribution in [0.1, 0.15) is 6.42 Å². The molecule has 5 rings (SSSR count). The van der Waals surface area contributed by atoms with Crippen molar-refractivity contribution in [3.63, 3.8) is 0 Å². The number of carbonyl (C=O) groups is 2. The second-order valence-electron chi connectivity index (χ2n) is 4.89. The minimum atomic E-state index is 0.0642. The molecule has 15 heavy (non-hydrogen) atoms. The van der Waals surface area contributed by atoms with Crippen LogP contribution >= 0.6 is 0 Å². The Bertz CT molecular complexity index is 451. The third-order valence-electron chi connectivity index (χ3n) is 4.21. The van der Waals surface area contributed by atoms with Crippen LogP contribution in [-0.2, 0) is 9.59 Å². The fourth-order valence-corrected chi connectivity index (χ4v) is 3.49. The lowest BCUT2D eigenvalue weighted by Gasteiger charge is -2.34. The molecule has 1 saturated carbocycles. The van der Waals surface area contributed by atoms with Crippen LogP contribution in [0.5, 0.6) is 0 Å². The highest BCUT2D eigenvalue weighted by molar-refractivity contribution is 6.21. The van der Waals surface area contributed by atoms with Crippen LogP contribution in [0.15, 0.2) is 35.5 Å². The van der Waals surface area contributed by atoms with E-state index in [0.29, 0.717) is 11.8 Å². The summed E-state index contributed by atoms with van der Waals surface area (Å²) in [4.78, 5) is 23.6. The maximum absolute atomic E-state index is 11.8. The van der Waals surface area contributed by atoms with Gasteiger partial charge in [-0.2, -0.15) is 0 Å². The molecule has 2 heteroatoms. The molecule has 0 aliphatic heterocycles. The van der Waals surface area contributed by atoms with Crippen molar-refractivity contribution in [2.75, 3.05) is 0 Å². The van der Waals surface area contributed by atoms with E-state index in [0.717, 1.165) is 11.1 Å². The summed E-state index contributed by atoms with van der Waals surface area (Å²) in [5.74, 6) is 1.93. The lowest BCUT2D eigenvalue weighted by molar-refractivity contribution is -0.116. The lowest BCUT2D eigenvalue weighted by atomic mass is 9.67. The molecule has 74 valence electrons. The van der Waals surface area contributed by atoms with Gasteiger partial charge >= 0.3 is 0 Å². The first kappa shape index (κ1) is 7.80. The molecule has 0 aromatic carbocycles. The second kappa shape index (κ2) is 2.21. The Morgan fingerprint density at radius 3 is 1.80 bits per heavy atom. The van der Waals surface area contributed by atoms with E-state index < -0.39 is 0 Å². The van der Waals surface area contributed by atoms with Crippen LogP contribution in [-0.4, -0.2) is 11.6 Å². The Morgan fingerprint density at radius 1 is 0.867 bits per heavy atom. The Balaban J connectivity index is 1.96. The third-order valence-corrected chi connectivity index (χ3v) is 4.21. The number of rotatable bonds is 0. The summed E-state index contributed by atoms with van der Waals surface area (Å²) < 4.78 is 0. The van der Waals surface area contributed by atoms with Gasteiger partial charge in [0.1, 0.15) is 0 Å². The molecule has 5 aliphatic rings. The average molecular weight is 198 g/mol. The molecule has 1 fully saturated rings. The maximum Gasteiger partial charge on any atom is 0.183 e. The molecule has 0 radical (unpaired) electrons. The second-order valence-corrected chi connectivity index (χ2v) is 4.89. The van der Waals surface area contributed by atoms with E-state index >= 15 is 0 Å². The van der Waals surface area contributed by atoms with Gasteiger partial charge in [-0.3, -0.25) is 9.59 Å². The first-order valence-corrected chi connectivity index (χ1v) is 5.46. The molecule has 4 atom stereocenters. The molecule has 0 heterocycles. The summed E-state index contributed by atoms with van der Waals surface area (Å²) in [6.07, 6.45) is 8.35. The van der Waals surface area contributed by atoms with Crippen LogP contribution in [0.2, 0.25) is 0 Å². The van der Waals surface area contributed by atoms with Gasteiger partial charge in [-0.15, -0.1) is 0 Å². The first-order chi connectivity index (χ1) is 7.27. The molecule has 0 N–H and O–H groups in total. The van der Waals surface area contributed by atoms with E-state index in [2.05, 4.69) is 12.2 Å². The molecule has 0 aromatic heterocycles. The molecule has 0 aromatic rings. The smallest absolute Gasteiger partial charge is 0.183 e. The summed E-state index contributed by atoms with van der Waals surface area (Å²) in [5.41, 5.74) is 1.63. The average Bonchev–Trinajstić information content (AvgIpc) is 3.04. The molecular formula is C13H10O2. The SMILES string of the molecule is O=C1C=CC(=O)C2=C1[C@H]1C=C[C@@H]2[C@@H]2C[C@@H]21. The summed E-state index contributed by atoms with van der Waals surface area (Å²) in [5, 5.41) is 0. The fourth-order valence-electron chi connectivity index (χ4n) is 3.49. The minimum absolute atomic E-state index is 0.0642. The molecule has 0 amide bonds. The van der Waals surface area contributed by atoms with Crippen LogP contribution in [0.3, 0.4) is 0 Å². The Kier molecular flexibility index (Phi) is 1.15. The van der Waals surface area contributed by atoms with Crippen molar-refractivity contribution in [1.82, 2.24) is 0 Å². The van der Waals surface area contributed by atoms with Gasteiger partial charge in [0.25, 0.3) is 0 Å². The van der Waals surface area contributed by atoms with Crippen molar-refractivity contribution in [2.24, 2.45) is 23.7 Å². The lowest BCUT2D eigenvalue weighted by Crippen LogP contribution is -2.33. The van der Waals surface area contributed by atoms with Crippen LogP contribution < -0.4 is 0 Å². The topological polar surface area (TPSA) is 34.1 Å². The van der Waals surface area contributed by atoms with Gasteiger partial charge in [-0.1, -0.05) is 12.2 Å². The Morgan fingerprint density at radius 2 is 1.33 bits per heavy atom. The van der Waals surface area contributed by atoms with Crippen LogP contribution in [0, 0.1) is 23.7 Å². The van der Waals surface area contributed by atoms with Gasteiger partial charge < -0.3 is 0 Å². The van der Waals surface area contributed by atoms with Gasteiger partial charge in [0.05, 0.1) is 0 Å². The molecule has 0 saturated heterocycles. The molecular weight excluding hydrogens is 188 g/mol. The van der Waals surface area contributed by atoms with Crippen molar-refractivity contribution in [3.8, 4) is 0 Å². The van der Waals surface area contributed by atoms with E-state index in [9.17, 15) is 9.59 Å². The normalized spacial score (nSPS) is 44.5. The first-order valence-electron chi connectivity index (χ1n) is 5.46. The summed E-state index contributed by atoms with van der Waals surface area (Å²) in [7, 11) is 0. The highest BCUT2D eigenvalue weighted by atomic mass is 16.1. The molecule has 0 unspecified atom stereocenters. The van der Waals surface area contributed by atoms with Crippen molar-refractivity contribution in [1.29, 1.82) is 0 Å². The monoisotopic (exact) mass is 198 g/mol. The van der Waals surface area contributed by atoms with E-state index in [-0.39, 0.29) is 23.4 Å². The maximum atomic E-state index is 11.8. The van der Waals surface area contributed by atoms with E-state index in [1.807, 2.05) is 0 Å². The number of carbonyl (C=O) groups excluding carboxylic acids is 2. The Labute approximate surface area is 87.3 Å². The highest BCUT2D eigenvalue weighted by Crippen LogP contribution is 2.62. The number of ketones is 2. The summed E-state index contributed by atoms with van der Waals surface area (Å²) >= 11 is 0. The van der Waals surface area contributed by atoms with E-state index in [1.165, 1.54) is 18.6 Å². The quantitative estimate of drug-likeness (QED) is 0.436. The zero-order chi connectivity index (χ0) is 10.2. The van der Waals surface area contributed by atoms with Crippen molar-refractivity contribution in [3.05, 3.63) is 35.5 Å². The molecule has 2 bridgehead atoms. The predicted molar refractivity (Wildman–Crippen MR) is 53.9 cm³/mol. The fraction of sp³-hybridized carbons (Fsp3) is 0.385. The molecule has 0 spiro atoms. The largest absolute Gasteiger partial charge is 0.290 e. The van der Waals surface area contributed by atoms with E-state index in [1.54, 1.807) is 0 Å². The van der Waals surface area contributed by atoms with Crippen molar-refractivity contribution in [2.45, 2.75) is 6.42 Å². The third kappa shape index (κ3) is 0.773. The standard InChI is InChI=1S/C13H10O2/c14-10-3-4-11(15)13-7-2-1-6(12(10)13)8-5-9(7)8/h1-4,6-9H,5H2/t6-,7+,8+,9-. The van der Waals surface area contributed by atoms with Gasteiger partial charge in [-0.25, -0.2) is 0 Å². The number of hydrogen-bond acceptors (Lipinski definition) is 2. The van der Waals surface area contributed by atoms with Gasteiger partial charge in [0.15, 0.2) is 11.6 Å². The van der Waals surface area contributed by atoms with Gasteiger partial charge in [0.2, 0.25) is 0 Å². The van der Waals surface area contributed by atoms with Gasteiger partial charge in [0, 0.05) is 23.0 Å². The predicted octanol–water partition coefficient (Wildman–Crippen LogP) is 1.44. The van der Waals surface area contributed by atoms with Crippen LogP contribution in [0.4, 0.5) is 0 Å². The molecule has 5 aliphatic carbocycles. The van der Waals surface area contributed by atoms with Crippen molar-refractivity contribution < 1.29 is 9.59 Å². The molecule has 2 nitrogen and oxygen atoms in total. The Hall–Kier alpha value is -1.44. The van der Waals surface area contributed by atoms with Crippen LogP contribution in [0.25, 0.3) is 0 Å². The van der Waals surface area contributed by atoms with Crippen molar-refractivity contribution >= 4 is 11.6 Å². The van der Waals surface area contributed by atoms with Gasteiger partial charge in [-0.05, 0) is 30.4 Å². The highest BCUT2D eigenvalue weighted by Gasteiger charge is 2.57.